The average molecular weight is 569 g/mol. The number of hydrogen-bond acceptors (Lipinski definition) is 5. The fourth-order valence-electron chi connectivity index (χ4n) is 4.86. The van der Waals surface area contributed by atoms with E-state index in [9.17, 15) is 5.26 Å². The minimum absolute atomic E-state index is 0. The van der Waals surface area contributed by atoms with E-state index >= 15 is 0 Å². The summed E-state index contributed by atoms with van der Waals surface area (Å²) in [5.74, 6) is 1.65. The molecule has 0 N–H and O–H groups in total. The van der Waals surface area contributed by atoms with Crippen LogP contribution in [0.15, 0.2) is 95.4 Å². The van der Waals surface area contributed by atoms with Crippen LogP contribution in [0.4, 0.5) is 5.69 Å². The molecule has 0 bridgehead atoms. The highest BCUT2D eigenvalue weighted by molar-refractivity contribution is 8.93. The van der Waals surface area contributed by atoms with Crippen molar-refractivity contribution in [2.45, 2.75) is 32.2 Å². The molecular weight excluding hydrogens is 542 g/mol. The van der Waals surface area contributed by atoms with Gasteiger partial charge in [0.05, 0.1) is 5.70 Å². The van der Waals surface area contributed by atoms with E-state index in [2.05, 4.69) is 91.8 Å². The lowest BCUT2D eigenvalue weighted by Crippen LogP contribution is -2.18. The molecule has 0 amide bonds. The normalized spacial score (nSPS) is 16.2. The Morgan fingerprint density at radius 1 is 0.784 bits per heavy atom. The van der Waals surface area contributed by atoms with Gasteiger partial charge in [-0.25, -0.2) is 0 Å². The van der Waals surface area contributed by atoms with Crippen molar-refractivity contribution in [1.29, 1.82) is 5.26 Å². The number of benzene rings is 3. The molecule has 0 saturated heterocycles. The predicted octanol–water partition coefficient (Wildman–Crippen LogP) is 7.69. The first-order valence-corrected chi connectivity index (χ1v) is 13.2. The smallest absolute Gasteiger partial charge is 0.177 e. The molecule has 3 aromatic carbocycles. The van der Waals surface area contributed by atoms with Crippen molar-refractivity contribution in [3.05, 3.63) is 113 Å². The quantitative estimate of drug-likeness (QED) is 0.236. The molecule has 2 aliphatic rings. The van der Waals surface area contributed by atoms with E-state index in [0.717, 1.165) is 53.6 Å². The lowest BCUT2D eigenvalue weighted by atomic mass is 10.0. The van der Waals surface area contributed by atoms with Crippen molar-refractivity contribution < 1.29 is 0 Å². The van der Waals surface area contributed by atoms with Crippen LogP contribution in [0.2, 0.25) is 0 Å². The Kier molecular flexibility index (Phi) is 7.59. The summed E-state index contributed by atoms with van der Waals surface area (Å²) in [5.41, 5.74) is 6.09. The van der Waals surface area contributed by atoms with Gasteiger partial charge in [0.1, 0.15) is 22.5 Å². The molecule has 4 aromatic rings. The molecule has 0 aliphatic carbocycles. The van der Waals surface area contributed by atoms with Crippen molar-refractivity contribution in [1.82, 2.24) is 14.8 Å². The number of aryl methyl sites for hydroxylation is 1. The lowest BCUT2D eigenvalue weighted by Gasteiger charge is -2.25. The summed E-state index contributed by atoms with van der Waals surface area (Å²) in [6.07, 6.45) is 4.29. The molecule has 37 heavy (non-hydrogen) atoms. The third-order valence-corrected chi connectivity index (χ3v) is 7.64. The number of nitriles is 1. The zero-order valence-corrected chi connectivity index (χ0v) is 22.8. The molecule has 184 valence electrons. The maximum atomic E-state index is 10.4. The molecule has 0 atom stereocenters. The summed E-state index contributed by atoms with van der Waals surface area (Å²) < 4.78 is 2.15. The Morgan fingerprint density at radius 2 is 1.46 bits per heavy atom. The van der Waals surface area contributed by atoms with Crippen LogP contribution in [0.3, 0.4) is 0 Å². The van der Waals surface area contributed by atoms with Gasteiger partial charge in [0.2, 0.25) is 0 Å². The van der Waals surface area contributed by atoms with Crippen LogP contribution in [0.5, 0.6) is 0 Å². The van der Waals surface area contributed by atoms with E-state index in [1.807, 2.05) is 24.3 Å². The standard InChI is InChI=1S/C30H25N5S.BrH/c31-20-26(29-33-32-28-14-8-3-9-19-34(28)29)30-35(25-12-6-2-7-13-25)27(21-36-30)24-17-15-23(16-18-24)22-10-4-1-5-11-22;/h1-2,4-7,10-13,15-18,21H,3,8-9,14,19H2;1H. The first kappa shape index (κ1) is 25.1. The van der Waals surface area contributed by atoms with Crippen molar-refractivity contribution in [3.8, 4) is 17.2 Å². The molecule has 6 rings (SSSR count). The fourth-order valence-corrected chi connectivity index (χ4v) is 5.88. The molecule has 0 saturated carbocycles. The van der Waals surface area contributed by atoms with E-state index in [0.29, 0.717) is 11.4 Å². The molecule has 1 aromatic heterocycles. The molecule has 3 heterocycles. The second-order valence-electron chi connectivity index (χ2n) is 8.93. The number of fused-ring (bicyclic) bond motifs is 1. The second-order valence-corrected chi connectivity index (χ2v) is 9.79. The summed E-state index contributed by atoms with van der Waals surface area (Å²) in [4.78, 5) is 2.18. The van der Waals surface area contributed by atoms with Gasteiger partial charge in [-0.1, -0.05) is 91.0 Å². The van der Waals surface area contributed by atoms with Gasteiger partial charge in [-0.15, -0.1) is 27.2 Å². The maximum absolute atomic E-state index is 10.4. The largest absolute Gasteiger partial charge is 0.310 e. The molecule has 7 heteroatoms. The number of halogens is 1. The van der Waals surface area contributed by atoms with Crippen LogP contribution < -0.4 is 4.90 Å². The van der Waals surface area contributed by atoms with Gasteiger partial charge in [0.25, 0.3) is 0 Å². The predicted molar refractivity (Wildman–Crippen MR) is 157 cm³/mol. The number of allylic oxidation sites excluding steroid dienone is 1. The van der Waals surface area contributed by atoms with Gasteiger partial charge in [-0.05, 0) is 41.7 Å². The Balaban J connectivity index is 0.00000280. The first-order chi connectivity index (χ1) is 17.8. The monoisotopic (exact) mass is 567 g/mol. The van der Waals surface area contributed by atoms with Gasteiger partial charge < -0.3 is 9.47 Å². The topological polar surface area (TPSA) is 57.7 Å². The summed E-state index contributed by atoms with van der Waals surface area (Å²) in [6.45, 7) is 0.855. The Morgan fingerprint density at radius 3 is 2.19 bits per heavy atom. The molecule has 0 unspecified atom stereocenters. The summed E-state index contributed by atoms with van der Waals surface area (Å²) in [6, 6.07) is 31.7. The average Bonchev–Trinajstić information content (AvgIpc) is 3.48. The van der Waals surface area contributed by atoms with Crippen LogP contribution in [0.25, 0.3) is 22.4 Å². The van der Waals surface area contributed by atoms with E-state index in [4.69, 9.17) is 0 Å². The molecule has 0 radical (unpaired) electrons. The van der Waals surface area contributed by atoms with Crippen molar-refractivity contribution >= 4 is 45.7 Å². The molecule has 2 aliphatic heterocycles. The Bertz CT molecular complexity index is 1480. The second kappa shape index (κ2) is 11.2. The molecular formula is C30H26BrN5S. The van der Waals surface area contributed by atoms with Crippen LogP contribution in [-0.2, 0) is 13.0 Å². The number of aromatic nitrogens is 3. The van der Waals surface area contributed by atoms with Crippen LogP contribution >= 0.6 is 28.7 Å². The summed E-state index contributed by atoms with van der Waals surface area (Å²) >= 11 is 1.58. The summed E-state index contributed by atoms with van der Waals surface area (Å²) in [7, 11) is 0. The zero-order valence-electron chi connectivity index (χ0n) is 20.2. The van der Waals surface area contributed by atoms with Gasteiger partial charge in [0, 0.05) is 24.1 Å². The molecule has 0 spiro atoms. The van der Waals surface area contributed by atoms with E-state index in [-0.39, 0.29) is 17.0 Å². The van der Waals surface area contributed by atoms with E-state index in [1.54, 1.807) is 11.8 Å². The number of nitrogens with zero attached hydrogens (tertiary/aromatic N) is 5. The Hall–Kier alpha value is -3.60. The maximum Gasteiger partial charge on any atom is 0.177 e. The van der Waals surface area contributed by atoms with E-state index in [1.165, 1.54) is 17.5 Å². The third kappa shape index (κ3) is 4.87. The highest BCUT2D eigenvalue weighted by Gasteiger charge is 2.30. The highest BCUT2D eigenvalue weighted by Crippen LogP contribution is 2.46. The van der Waals surface area contributed by atoms with Crippen molar-refractivity contribution in [3.63, 3.8) is 0 Å². The number of rotatable bonds is 4. The van der Waals surface area contributed by atoms with Crippen molar-refractivity contribution in [2.24, 2.45) is 0 Å². The number of para-hydroxylation sites is 1. The van der Waals surface area contributed by atoms with Crippen LogP contribution in [0, 0.1) is 11.3 Å². The first-order valence-electron chi connectivity index (χ1n) is 12.3. The molecule has 5 nitrogen and oxygen atoms in total. The Labute approximate surface area is 231 Å². The van der Waals surface area contributed by atoms with Gasteiger partial charge in [-0.3, -0.25) is 0 Å². The van der Waals surface area contributed by atoms with Crippen molar-refractivity contribution in [2.75, 3.05) is 4.90 Å². The zero-order chi connectivity index (χ0) is 24.3. The fraction of sp³-hybridized carbons (Fsp3) is 0.167. The highest BCUT2D eigenvalue weighted by atomic mass is 79.9. The third-order valence-electron chi connectivity index (χ3n) is 6.69. The summed E-state index contributed by atoms with van der Waals surface area (Å²) in [5, 5.41) is 22.3. The number of anilines is 1. The minimum Gasteiger partial charge on any atom is -0.310 e. The van der Waals surface area contributed by atoms with Gasteiger partial charge in [0.15, 0.2) is 5.82 Å². The minimum atomic E-state index is 0. The van der Waals surface area contributed by atoms with Crippen LogP contribution in [0.1, 0.15) is 36.5 Å². The SMILES string of the molecule is Br.N#CC(=C1SC=C(c2ccc(-c3ccccc3)cc2)N1c1ccccc1)c1nnc2n1CCCCC2. The lowest BCUT2D eigenvalue weighted by molar-refractivity contribution is 0.627. The van der Waals surface area contributed by atoms with Gasteiger partial charge in [-0.2, -0.15) is 5.26 Å². The number of thioether (sulfide) groups is 1. The molecule has 0 fully saturated rings. The van der Waals surface area contributed by atoms with E-state index < -0.39 is 0 Å². The number of hydrogen-bond donors (Lipinski definition) is 0. The van der Waals surface area contributed by atoms with Crippen LogP contribution in [-0.4, -0.2) is 14.8 Å². The van der Waals surface area contributed by atoms with Gasteiger partial charge >= 0.3 is 0 Å².